The van der Waals surface area contributed by atoms with Crippen molar-refractivity contribution in [2.24, 2.45) is 11.8 Å². The molecule has 11 heteroatoms. The number of hydrogen-bond acceptors (Lipinski definition) is 7. The second kappa shape index (κ2) is 13.7. The zero-order valence-corrected chi connectivity index (χ0v) is 22.6. The van der Waals surface area contributed by atoms with Crippen LogP contribution in [-0.2, 0) is 30.8 Å². The van der Waals surface area contributed by atoms with Crippen LogP contribution in [0.1, 0.15) is 25.8 Å². The van der Waals surface area contributed by atoms with Crippen LogP contribution in [0.5, 0.6) is 5.75 Å². The van der Waals surface area contributed by atoms with Crippen molar-refractivity contribution < 1.29 is 36.9 Å². The van der Waals surface area contributed by atoms with Crippen molar-refractivity contribution in [3.05, 3.63) is 71.7 Å². The van der Waals surface area contributed by atoms with Crippen LogP contribution in [0.4, 0.5) is 4.39 Å². The number of rotatable bonds is 13. The van der Waals surface area contributed by atoms with E-state index in [9.17, 15) is 22.7 Å². The largest absolute Gasteiger partial charge is 0.497 e. The van der Waals surface area contributed by atoms with Crippen LogP contribution in [0.3, 0.4) is 0 Å². The molecule has 1 amide bonds. The fourth-order valence-electron chi connectivity index (χ4n) is 3.93. The Hall–Kier alpha value is -2.99. The van der Waals surface area contributed by atoms with E-state index in [1.807, 2.05) is 13.8 Å². The lowest BCUT2D eigenvalue weighted by atomic mass is 9.90. The Labute approximate surface area is 223 Å². The average Bonchev–Trinajstić information content (AvgIpc) is 2.91. The van der Waals surface area contributed by atoms with Gasteiger partial charge in [0, 0.05) is 26.1 Å². The van der Waals surface area contributed by atoms with Crippen molar-refractivity contribution in [3.63, 3.8) is 0 Å². The lowest BCUT2D eigenvalue weighted by Gasteiger charge is -2.31. The first-order valence-electron chi connectivity index (χ1n) is 12.4. The summed E-state index contributed by atoms with van der Waals surface area (Å²) in [5.41, 5.74) is 0.742. The lowest BCUT2D eigenvalue weighted by Crippen LogP contribution is -2.38. The van der Waals surface area contributed by atoms with Crippen molar-refractivity contribution in [2.75, 3.05) is 33.4 Å². The summed E-state index contributed by atoms with van der Waals surface area (Å²) < 4.78 is 57.2. The number of sulfonamides is 1. The maximum atomic E-state index is 13.1. The lowest BCUT2D eigenvalue weighted by molar-refractivity contribution is -0.150. The van der Waals surface area contributed by atoms with E-state index in [0.29, 0.717) is 12.2 Å². The molecule has 0 unspecified atom stereocenters. The van der Waals surface area contributed by atoms with E-state index in [1.54, 1.807) is 30.3 Å². The number of nitrogens with zero attached hydrogens (tertiary/aromatic N) is 1. The minimum absolute atomic E-state index is 0.00462. The van der Waals surface area contributed by atoms with Crippen LogP contribution in [-0.4, -0.2) is 63.4 Å². The maximum Gasteiger partial charge on any atom is 0.286 e. The molecular formula is C27H35FN2O7S. The number of hydrogen-bond donors (Lipinski definition) is 2. The fraction of sp³-hybridized carbons (Fsp3) is 0.444. The van der Waals surface area contributed by atoms with Gasteiger partial charge in [-0.25, -0.2) is 12.8 Å². The van der Waals surface area contributed by atoms with Gasteiger partial charge in [0.25, 0.3) is 5.91 Å². The van der Waals surface area contributed by atoms with E-state index in [0.717, 1.165) is 9.87 Å². The molecule has 2 aromatic carbocycles. The topological polar surface area (TPSA) is 114 Å². The SMILES string of the molecule is COc1ccc(S(=O)(=O)N(CCO)CCO[C@@H]2C[C@H](C(C)C)C=C(C(=O)NCc3ccc(F)cc3)O2)cc1. The first kappa shape index (κ1) is 29.6. The second-order valence-electron chi connectivity index (χ2n) is 9.21. The Morgan fingerprint density at radius 2 is 1.84 bits per heavy atom. The van der Waals surface area contributed by atoms with Gasteiger partial charge >= 0.3 is 0 Å². The molecule has 1 aliphatic heterocycles. The summed E-state index contributed by atoms with van der Waals surface area (Å²) in [5, 5.41) is 12.2. The van der Waals surface area contributed by atoms with Crippen molar-refractivity contribution in [1.82, 2.24) is 9.62 Å². The smallest absolute Gasteiger partial charge is 0.286 e. The van der Waals surface area contributed by atoms with Crippen LogP contribution in [0.25, 0.3) is 0 Å². The number of ether oxygens (including phenoxy) is 3. The van der Waals surface area contributed by atoms with Gasteiger partial charge in [-0.3, -0.25) is 4.79 Å². The minimum atomic E-state index is -3.88. The molecule has 3 rings (SSSR count). The first-order chi connectivity index (χ1) is 18.1. The Kier molecular flexibility index (Phi) is 10.7. The van der Waals surface area contributed by atoms with E-state index < -0.39 is 22.2 Å². The van der Waals surface area contributed by atoms with Crippen LogP contribution >= 0.6 is 0 Å². The molecule has 38 heavy (non-hydrogen) atoms. The average molecular weight is 551 g/mol. The molecule has 0 aliphatic carbocycles. The number of aliphatic hydroxyl groups is 1. The van der Waals surface area contributed by atoms with E-state index in [-0.39, 0.29) is 61.2 Å². The molecule has 2 aromatic rings. The van der Waals surface area contributed by atoms with Crippen LogP contribution in [0.15, 0.2) is 65.3 Å². The van der Waals surface area contributed by atoms with Crippen LogP contribution in [0.2, 0.25) is 0 Å². The number of amides is 1. The van der Waals surface area contributed by atoms with Gasteiger partial charge in [0.05, 0.1) is 25.2 Å². The molecule has 0 spiro atoms. The molecule has 0 saturated carbocycles. The number of methoxy groups -OCH3 is 1. The Bertz CT molecular complexity index is 1180. The monoisotopic (exact) mass is 550 g/mol. The summed E-state index contributed by atoms with van der Waals surface area (Å²) in [5.74, 6) is 0.105. The summed E-state index contributed by atoms with van der Waals surface area (Å²) >= 11 is 0. The number of allylic oxidation sites excluding steroid dienone is 1. The minimum Gasteiger partial charge on any atom is -0.497 e. The van der Waals surface area contributed by atoms with Crippen molar-refractivity contribution in [3.8, 4) is 5.75 Å². The van der Waals surface area contributed by atoms with Crippen molar-refractivity contribution >= 4 is 15.9 Å². The summed E-state index contributed by atoms with van der Waals surface area (Å²) in [6, 6.07) is 11.8. The Morgan fingerprint density at radius 3 is 2.45 bits per heavy atom. The van der Waals surface area contributed by atoms with Gasteiger partial charge in [-0.2, -0.15) is 4.31 Å². The normalized spacial score (nSPS) is 17.7. The number of nitrogens with one attached hydrogen (secondary N) is 1. The van der Waals surface area contributed by atoms with Crippen molar-refractivity contribution in [2.45, 2.75) is 38.0 Å². The van der Waals surface area contributed by atoms with E-state index in [2.05, 4.69) is 5.32 Å². The highest BCUT2D eigenvalue weighted by atomic mass is 32.2. The molecule has 2 atom stereocenters. The quantitative estimate of drug-likeness (QED) is 0.394. The van der Waals surface area contributed by atoms with Crippen LogP contribution in [0, 0.1) is 17.7 Å². The number of aliphatic hydroxyl groups excluding tert-OH is 1. The number of halogens is 1. The highest BCUT2D eigenvalue weighted by molar-refractivity contribution is 7.89. The Balaban J connectivity index is 1.61. The summed E-state index contributed by atoms with van der Waals surface area (Å²) in [6.07, 6.45) is 1.52. The van der Waals surface area contributed by atoms with Gasteiger partial charge < -0.3 is 24.6 Å². The molecule has 0 aromatic heterocycles. The highest BCUT2D eigenvalue weighted by Gasteiger charge is 2.30. The summed E-state index contributed by atoms with van der Waals surface area (Å²) in [4.78, 5) is 12.9. The molecule has 9 nitrogen and oxygen atoms in total. The number of carbonyl (C=O) groups excluding carboxylic acids is 1. The molecule has 1 aliphatic rings. The molecule has 0 radical (unpaired) electrons. The standard InChI is InChI=1S/C27H35FN2O7S/c1-19(2)21-16-25(27(32)29-18-20-4-6-22(28)7-5-20)37-26(17-21)36-15-13-30(12-14-31)38(33,34)24-10-8-23(35-3)9-11-24/h4-11,16,19,21,26,31H,12-15,17-18H2,1-3H3,(H,29,32)/t21-,26+/m1/s1. The third-order valence-corrected chi connectivity index (χ3v) is 8.14. The third kappa shape index (κ3) is 8.00. The summed E-state index contributed by atoms with van der Waals surface area (Å²) in [7, 11) is -2.39. The molecule has 0 fully saturated rings. The van der Waals surface area contributed by atoms with Gasteiger partial charge in [-0.05, 0) is 59.9 Å². The van der Waals surface area contributed by atoms with E-state index >= 15 is 0 Å². The Morgan fingerprint density at radius 1 is 1.16 bits per heavy atom. The van der Waals surface area contributed by atoms with Crippen molar-refractivity contribution in [1.29, 1.82) is 0 Å². The molecule has 0 bridgehead atoms. The second-order valence-corrected chi connectivity index (χ2v) is 11.1. The molecular weight excluding hydrogens is 515 g/mol. The van der Waals surface area contributed by atoms with Gasteiger partial charge in [0.1, 0.15) is 11.6 Å². The van der Waals surface area contributed by atoms with E-state index in [1.165, 1.54) is 31.4 Å². The number of benzene rings is 2. The predicted octanol–water partition coefficient (Wildman–Crippen LogP) is 3.05. The third-order valence-electron chi connectivity index (χ3n) is 6.23. The maximum absolute atomic E-state index is 13.1. The fourth-order valence-corrected chi connectivity index (χ4v) is 5.34. The van der Waals surface area contributed by atoms with E-state index in [4.69, 9.17) is 14.2 Å². The van der Waals surface area contributed by atoms with Gasteiger partial charge in [0.15, 0.2) is 5.76 Å². The van der Waals surface area contributed by atoms with Crippen LogP contribution < -0.4 is 10.1 Å². The van der Waals surface area contributed by atoms with Gasteiger partial charge in [-0.1, -0.05) is 26.0 Å². The molecule has 0 saturated heterocycles. The van der Waals surface area contributed by atoms with Gasteiger partial charge in [-0.15, -0.1) is 0 Å². The zero-order chi connectivity index (χ0) is 27.7. The first-order valence-corrected chi connectivity index (χ1v) is 13.9. The van der Waals surface area contributed by atoms with Gasteiger partial charge in [0.2, 0.25) is 16.3 Å². The summed E-state index contributed by atoms with van der Waals surface area (Å²) in [6.45, 7) is 3.79. The molecule has 2 N–H and O–H groups in total. The highest BCUT2D eigenvalue weighted by Crippen LogP contribution is 2.29. The number of carbonyl (C=O) groups is 1. The molecule has 208 valence electrons. The zero-order valence-electron chi connectivity index (χ0n) is 21.8. The predicted molar refractivity (Wildman–Crippen MR) is 139 cm³/mol. The molecule has 1 heterocycles.